The van der Waals surface area contributed by atoms with Crippen molar-refractivity contribution in [2.75, 3.05) is 4.90 Å². The third kappa shape index (κ3) is 3.82. The van der Waals surface area contributed by atoms with Crippen LogP contribution in [-0.4, -0.2) is 0 Å². The van der Waals surface area contributed by atoms with Crippen molar-refractivity contribution in [3.63, 3.8) is 0 Å². The van der Waals surface area contributed by atoms with E-state index < -0.39 is 0 Å². The molecule has 7 aromatic rings. The van der Waals surface area contributed by atoms with Crippen LogP contribution >= 0.6 is 0 Å². The summed E-state index contributed by atoms with van der Waals surface area (Å²) < 4.78 is 6.85. The lowest BCUT2D eigenvalue weighted by atomic mass is 9.82. The summed E-state index contributed by atoms with van der Waals surface area (Å²) in [4.78, 5) is 2.42. The van der Waals surface area contributed by atoms with Crippen LogP contribution in [0.2, 0.25) is 0 Å². The summed E-state index contributed by atoms with van der Waals surface area (Å²) in [6, 6.07) is 54.6. The monoisotopic (exact) mass is 577 g/mol. The van der Waals surface area contributed by atoms with Gasteiger partial charge in [0.15, 0.2) is 0 Å². The van der Waals surface area contributed by atoms with Crippen LogP contribution in [0.15, 0.2) is 152 Å². The molecule has 1 aliphatic carbocycles. The van der Waals surface area contributed by atoms with Gasteiger partial charge in [0.25, 0.3) is 0 Å². The molecular weight excluding hydrogens is 546 g/mol. The van der Waals surface area contributed by atoms with Crippen molar-refractivity contribution in [2.45, 2.75) is 19.3 Å². The van der Waals surface area contributed by atoms with Crippen molar-refractivity contribution >= 4 is 27.8 Å². The number of para-hydroxylation sites is 2. The Labute approximate surface area is 263 Å². The van der Waals surface area contributed by atoms with Crippen molar-refractivity contribution < 1.29 is 4.74 Å². The first-order valence-electron chi connectivity index (χ1n) is 15.6. The number of nitrogens with zero attached hydrogens (tertiary/aromatic N) is 1. The molecule has 0 aromatic heterocycles. The van der Waals surface area contributed by atoms with E-state index in [2.05, 4.69) is 170 Å². The Hall–Kier alpha value is -5.60. The SMILES string of the molecule is CC1(C)c2ccccc2-c2ccc(N(c3ccccc3)c3cccc4c3-c3ccccc3Oc3c-4ccc4ccccc34)cc21. The van der Waals surface area contributed by atoms with Crippen molar-refractivity contribution in [2.24, 2.45) is 0 Å². The van der Waals surface area contributed by atoms with E-state index in [1.807, 2.05) is 0 Å². The molecule has 45 heavy (non-hydrogen) atoms. The lowest BCUT2D eigenvalue weighted by Gasteiger charge is -2.30. The fourth-order valence-electron chi connectivity index (χ4n) is 7.51. The first-order valence-corrected chi connectivity index (χ1v) is 15.6. The highest BCUT2D eigenvalue weighted by atomic mass is 16.5. The second-order valence-corrected chi connectivity index (χ2v) is 12.5. The fourth-order valence-corrected chi connectivity index (χ4v) is 7.51. The first kappa shape index (κ1) is 25.9. The van der Waals surface area contributed by atoms with E-state index in [1.54, 1.807) is 0 Å². The van der Waals surface area contributed by atoms with Gasteiger partial charge in [-0.05, 0) is 75.7 Å². The Bertz CT molecular complexity index is 2280. The van der Waals surface area contributed by atoms with E-state index in [0.29, 0.717) is 0 Å². The van der Waals surface area contributed by atoms with E-state index in [1.165, 1.54) is 27.6 Å². The topological polar surface area (TPSA) is 12.5 Å². The molecule has 2 nitrogen and oxygen atoms in total. The largest absolute Gasteiger partial charge is 0.455 e. The van der Waals surface area contributed by atoms with Gasteiger partial charge in [-0.1, -0.05) is 123 Å². The van der Waals surface area contributed by atoms with Gasteiger partial charge in [0.05, 0.1) is 5.69 Å². The molecule has 0 fully saturated rings. The minimum absolute atomic E-state index is 0.0989. The number of anilines is 3. The van der Waals surface area contributed by atoms with Crippen molar-refractivity contribution in [3.05, 3.63) is 163 Å². The maximum Gasteiger partial charge on any atom is 0.143 e. The summed E-state index contributed by atoms with van der Waals surface area (Å²) in [6.07, 6.45) is 0. The van der Waals surface area contributed by atoms with Gasteiger partial charge in [-0.25, -0.2) is 0 Å². The van der Waals surface area contributed by atoms with E-state index in [0.717, 1.165) is 56.2 Å². The van der Waals surface area contributed by atoms with Gasteiger partial charge in [-0.2, -0.15) is 0 Å². The van der Waals surface area contributed by atoms with Gasteiger partial charge in [0, 0.05) is 38.9 Å². The summed E-state index contributed by atoms with van der Waals surface area (Å²) in [5, 5.41) is 2.28. The molecular formula is C43H31NO. The summed E-state index contributed by atoms with van der Waals surface area (Å²) in [6.45, 7) is 4.69. The minimum Gasteiger partial charge on any atom is -0.455 e. The molecule has 0 amide bonds. The Morgan fingerprint density at radius 2 is 1.18 bits per heavy atom. The van der Waals surface area contributed by atoms with Gasteiger partial charge in [-0.3, -0.25) is 0 Å². The van der Waals surface area contributed by atoms with Crippen LogP contribution in [-0.2, 0) is 5.41 Å². The maximum atomic E-state index is 6.85. The van der Waals surface area contributed by atoms with Crippen molar-refractivity contribution in [1.82, 2.24) is 0 Å². The Kier molecular flexibility index (Phi) is 5.58. The zero-order valence-electron chi connectivity index (χ0n) is 25.3. The zero-order chi connectivity index (χ0) is 30.1. The van der Waals surface area contributed by atoms with Gasteiger partial charge in [-0.15, -0.1) is 0 Å². The molecule has 0 bridgehead atoms. The molecule has 0 saturated heterocycles. The van der Waals surface area contributed by atoms with Crippen molar-refractivity contribution in [3.8, 4) is 44.9 Å². The summed E-state index contributed by atoms with van der Waals surface area (Å²) in [5.74, 6) is 1.76. The molecule has 2 aliphatic rings. The summed E-state index contributed by atoms with van der Waals surface area (Å²) in [5.41, 5.74) is 13.1. The second-order valence-electron chi connectivity index (χ2n) is 12.5. The normalized spacial score (nSPS) is 13.5. The van der Waals surface area contributed by atoms with Crippen molar-refractivity contribution in [1.29, 1.82) is 0 Å². The molecule has 2 heteroatoms. The maximum absolute atomic E-state index is 6.85. The molecule has 0 saturated carbocycles. The molecule has 1 heterocycles. The number of ether oxygens (including phenoxy) is 1. The van der Waals surface area contributed by atoms with E-state index in [4.69, 9.17) is 4.74 Å². The fraction of sp³-hybridized carbons (Fsp3) is 0.0698. The summed E-state index contributed by atoms with van der Waals surface area (Å²) >= 11 is 0. The molecule has 0 radical (unpaired) electrons. The Morgan fingerprint density at radius 3 is 2.07 bits per heavy atom. The molecule has 0 spiro atoms. The number of rotatable bonds is 3. The Balaban J connectivity index is 1.33. The third-order valence-electron chi connectivity index (χ3n) is 9.66. The molecule has 0 N–H and O–H groups in total. The Morgan fingerprint density at radius 1 is 0.489 bits per heavy atom. The zero-order valence-corrected chi connectivity index (χ0v) is 25.3. The van der Waals surface area contributed by atoms with Crippen LogP contribution in [0, 0.1) is 0 Å². The average molecular weight is 578 g/mol. The standard InChI is InChI=1S/C43H31NO/c1-43(2)37-20-10-8-17-32(37)33-26-24-30(27-38(33)43)44(29-14-4-3-5-15-29)39-21-12-19-34-35-25-23-28-13-6-7-16-31(28)42(35)45-40-22-11-9-18-36(40)41(34)39/h3-27H,1-2H3. The number of hydrogen-bond acceptors (Lipinski definition) is 2. The minimum atomic E-state index is -0.0989. The predicted molar refractivity (Wildman–Crippen MR) is 187 cm³/mol. The van der Waals surface area contributed by atoms with Gasteiger partial charge >= 0.3 is 0 Å². The van der Waals surface area contributed by atoms with E-state index in [-0.39, 0.29) is 5.41 Å². The van der Waals surface area contributed by atoms with Crippen LogP contribution in [0.4, 0.5) is 17.1 Å². The highest BCUT2D eigenvalue weighted by Gasteiger charge is 2.36. The predicted octanol–water partition coefficient (Wildman–Crippen LogP) is 12.1. The molecule has 0 unspecified atom stereocenters. The smallest absolute Gasteiger partial charge is 0.143 e. The highest BCUT2D eigenvalue weighted by Crippen LogP contribution is 2.55. The molecule has 7 aromatic carbocycles. The van der Waals surface area contributed by atoms with Crippen LogP contribution in [0.3, 0.4) is 0 Å². The number of fused-ring (bicyclic) bond motifs is 10. The molecule has 9 rings (SSSR count). The lowest BCUT2D eigenvalue weighted by Crippen LogP contribution is -2.17. The quantitative estimate of drug-likeness (QED) is 0.207. The van der Waals surface area contributed by atoms with E-state index in [9.17, 15) is 0 Å². The van der Waals surface area contributed by atoms with Crippen LogP contribution in [0.1, 0.15) is 25.0 Å². The third-order valence-corrected chi connectivity index (χ3v) is 9.66. The number of benzene rings is 7. The highest BCUT2D eigenvalue weighted by molar-refractivity contribution is 6.05. The van der Waals surface area contributed by atoms with Crippen LogP contribution < -0.4 is 9.64 Å². The average Bonchev–Trinajstić information content (AvgIpc) is 3.21. The van der Waals surface area contributed by atoms with Crippen LogP contribution in [0.5, 0.6) is 11.5 Å². The second kappa shape index (κ2) is 9.70. The van der Waals surface area contributed by atoms with Gasteiger partial charge in [0.1, 0.15) is 11.5 Å². The molecule has 214 valence electrons. The van der Waals surface area contributed by atoms with E-state index >= 15 is 0 Å². The molecule has 1 aliphatic heterocycles. The number of hydrogen-bond donors (Lipinski definition) is 0. The van der Waals surface area contributed by atoms with Gasteiger partial charge in [0.2, 0.25) is 0 Å². The lowest BCUT2D eigenvalue weighted by molar-refractivity contribution is 0.493. The van der Waals surface area contributed by atoms with Gasteiger partial charge < -0.3 is 9.64 Å². The van der Waals surface area contributed by atoms with Crippen LogP contribution in [0.25, 0.3) is 44.2 Å². The first-order chi connectivity index (χ1) is 22.1. The molecule has 0 atom stereocenters. The summed E-state index contributed by atoms with van der Waals surface area (Å²) in [7, 11) is 0.